The van der Waals surface area contributed by atoms with Gasteiger partial charge in [-0.25, -0.2) is 0 Å². The van der Waals surface area contributed by atoms with Crippen molar-refractivity contribution in [3.8, 4) is 0 Å². The molecule has 5 aliphatic rings. The molecule has 7 atom stereocenters. The lowest BCUT2D eigenvalue weighted by molar-refractivity contribution is -0.124. The molecule has 1 spiro atoms. The van der Waals surface area contributed by atoms with Gasteiger partial charge < -0.3 is 4.74 Å². The van der Waals surface area contributed by atoms with Gasteiger partial charge in [0.15, 0.2) is 5.78 Å². The molecule has 3 unspecified atom stereocenters. The Labute approximate surface area is 152 Å². The molecular formula is C23H32O2. The SMILES string of the molecule is CC[C@H]1CC2=CC(=O)CC[C@@H]2C2CC[C@@]3(C)C(CC[C@@]34C=CCO4)C21. The highest BCUT2D eigenvalue weighted by Crippen LogP contribution is 2.67. The maximum atomic E-state index is 12.0. The van der Waals surface area contributed by atoms with Crippen LogP contribution >= 0.6 is 0 Å². The molecule has 0 bridgehead atoms. The Bertz CT molecular complexity index is 646. The monoisotopic (exact) mass is 340 g/mol. The Kier molecular flexibility index (Phi) is 3.62. The Morgan fingerprint density at radius 2 is 2.12 bits per heavy atom. The minimum absolute atomic E-state index is 0.0274. The van der Waals surface area contributed by atoms with E-state index in [1.165, 1.54) is 44.1 Å². The number of hydrogen-bond donors (Lipinski definition) is 0. The summed E-state index contributed by atoms with van der Waals surface area (Å²) in [4.78, 5) is 12.0. The van der Waals surface area contributed by atoms with Crippen molar-refractivity contribution >= 4 is 5.78 Å². The molecule has 2 nitrogen and oxygen atoms in total. The number of allylic oxidation sites excluding steroid dienone is 1. The molecule has 0 amide bonds. The fraction of sp³-hybridized carbons (Fsp3) is 0.783. The van der Waals surface area contributed by atoms with Crippen LogP contribution in [-0.2, 0) is 9.53 Å². The Morgan fingerprint density at radius 1 is 1.24 bits per heavy atom. The molecular weight excluding hydrogens is 308 g/mol. The Balaban J connectivity index is 1.52. The van der Waals surface area contributed by atoms with E-state index in [0.717, 1.165) is 43.1 Å². The second kappa shape index (κ2) is 5.55. The van der Waals surface area contributed by atoms with Crippen LogP contribution in [0.2, 0.25) is 0 Å². The fourth-order valence-electron chi connectivity index (χ4n) is 7.82. The number of fused-ring (bicyclic) bond motifs is 6. The van der Waals surface area contributed by atoms with Crippen LogP contribution in [0.15, 0.2) is 23.8 Å². The fourth-order valence-corrected chi connectivity index (χ4v) is 7.82. The number of rotatable bonds is 1. The average molecular weight is 341 g/mol. The minimum Gasteiger partial charge on any atom is -0.366 e. The van der Waals surface area contributed by atoms with Gasteiger partial charge in [-0.15, -0.1) is 0 Å². The Hall–Kier alpha value is -0.890. The van der Waals surface area contributed by atoms with Crippen LogP contribution in [0.25, 0.3) is 0 Å². The number of hydrogen-bond acceptors (Lipinski definition) is 2. The van der Waals surface area contributed by atoms with E-state index in [9.17, 15) is 4.79 Å². The van der Waals surface area contributed by atoms with Crippen LogP contribution in [-0.4, -0.2) is 18.0 Å². The highest BCUT2D eigenvalue weighted by atomic mass is 16.5. The van der Waals surface area contributed by atoms with Gasteiger partial charge in [0.25, 0.3) is 0 Å². The second-order valence-corrected chi connectivity index (χ2v) is 9.65. The van der Waals surface area contributed by atoms with Crippen molar-refractivity contribution in [3.05, 3.63) is 23.8 Å². The average Bonchev–Trinajstić information content (AvgIpc) is 3.20. The van der Waals surface area contributed by atoms with Crippen LogP contribution in [0.5, 0.6) is 0 Å². The molecule has 0 aromatic carbocycles. The summed E-state index contributed by atoms with van der Waals surface area (Å²) in [6.45, 7) is 5.72. The van der Waals surface area contributed by atoms with Crippen molar-refractivity contribution < 1.29 is 9.53 Å². The second-order valence-electron chi connectivity index (χ2n) is 9.65. The molecule has 0 saturated heterocycles. The first-order chi connectivity index (χ1) is 12.1. The summed E-state index contributed by atoms with van der Waals surface area (Å²) in [7, 11) is 0. The molecule has 5 rings (SSSR count). The summed E-state index contributed by atoms with van der Waals surface area (Å²) in [6, 6.07) is 0. The first-order valence-electron chi connectivity index (χ1n) is 10.6. The molecule has 0 aromatic rings. The predicted octanol–water partition coefficient (Wildman–Crippen LogP) is 5.09. The molecule has 1 heterocycles. The van der Waals surface area contributed by atoms with Crippen LogP contribution in [0.1, 0.15) is 65.2 Å². The summed E-state index contributed by atoms with van der Waals surface area (Å²) in [5.41, 5.74) is 1.86. The third kappa shape index (κ3) is 2.10. The molecule has 3 fully saturated rings. The van der Waals surface area contributed by atoms with Crippen LogP contribution < -0.4 is 0 Å². The van der Waals surface area contributed by atoms with E-state index in [4.69, 9.17) is 4.74 Å². The summed E-state index contributed by atoms with van der Waals surface area (Å²) in [6.07, 6.45) is 16.3. The van der Waals surface area contributed by atoms with Crippen molar-refractivity contribution in [2.75, 3.05) is 6.61 Å². The summed E-state index contributed by atoms with van der Waals surface area (Å²) >= 11 is 0. The van der Waals surface area contributed by atoms with Gasteiger partial charge in [-0.2, -0.15) is 0 Å². The van der Waals surface area contributed by atoms with Gasteiger partial charge in [-0.3, -0.25) is 4.79 Å². The molecule has 4 aliphatic carbocycles. The van der Waals surface area contributed by atoms with E-state index in [2.05, 4.69) is 26.0 Å². The largest absolute Gasteiger partial charge is 0.366 e. The lowest BCUT2D eigenvalue weighted by atomic mass is 9.48. The van der Waals surface area contributed by atoms with Crippen LogP contribution in [0.4, 0.5) is 0 Å². The number of ketones is 1. The van der Waals surface area contributed by atoms with Crippen molar-refractivity contribution in [1.29, 1.82) is 0 Å². The third-order valence-corrected chi connectivity index (χ3v) is 9.00. The molecule has 2 heteroatoms. The van der Waals surface area contributed by atoms with E-state index in [0.29, 0.717) is 17.1 Å². The van der Waals surface area contributed by atoms with Crippen molar-refractivity contribution in [1.82, 2.24) is 0 Å². The van der Waals surface area contributed by atoms with Gasteiger partial charge in [0.1, 0.15) is 0 Å². The molecule has 0 aromatic heterocycles. The topological polar surface area (TPSA) is 26.3 Å². The lowest BCUT2D eigenvalue weighted by Crippen LogP contribution is -2.54. The van der Waals surface area contributed by atoms with Gasteiger partial charge >= 0.3 is 0 Å². The quantitative estimate of drug-likeness (QED) is 0.622. The molecule has 1 aliphatic heterocycles. The number of carbonyl (C=O) groups excluding carboxylic acids is 1. The molecule has 25 heavy (non-hydrogen) atoms. The van der Waals surface area contributed by atoms with Crippen molar-refractivity contribution in [3.63, 3.8) is 0 Å². The Morgan fingerprint density at radius 3 is 2.88 bits per heavy atom. The summed E-state index contributed by atoms with van der Waals surface area (Å²) in [5.74, 6) is 4.31. The van der Waals surface area contributed by atoms with Crippen LogP contribution in [0.3, 0.4) is 0 Å². The van der Waals surface area contributed by atoms with E-state index in [1.807, 2.05) is 6.08 Å². The molecule has 0 N–H and O–H groups in total. The van der Waals surface area contributed by atoms with Gasteiger partial charge in [-0.1, -0.05) is 38.0 Å². The van der Waals surface area contributed by atoms with Gasteiger partial charge in [0, 0.05) is 11.8 Å². The van der Waals surface area contributed by atoms with Crippen molar-refractivity contribution in [2.24, 2.45) is 35.0 Å². The van der Waals surface area contributed by atoms with Gasteiger partial charge in [-0.05, 0) is 74.2 Å². The van der Waals surface area contributed by atoms with E-state index >= 15 is 0 Å². The highest BCUT2D eigenvalue weighted by molar-refractivity contribution is 5.91. The molecule has 3 saturated carbocycles. The first kappa shape index (κ1) is 16.3. The standard InChI is InChI=1S/C23H32O2/c1-3-15-13-16-14-17(24)5-6-18(16)19-7-10-22(2)20(21(15)19)8-11-23(22)9-4-12-25-23/h4,9,14-15,18-21H,3,5-8,10-13H2,1-2H3/t15-,18-,19?,20?,21?,22-,23-/m0/s1. The highest BCUT2D eigenvalue weighted by Gasteiger charge is 2.64. The minimum atomic E-state index is 0.0274. The van der Waals surface area contributed by atoms with Crippen molar-refractivity contribution in [2.45, 2.75) is 70.8 Å². The van der Waals surface area contributed by atoms with E-state index in [-0.39, 0.29) is 5.60 Å². The number of carbonyl (C=O) groups is 1. The zero-order valence-electron chi connectivity index (χ0n) is 15.8. The molecule has 0 radical (unpaired) electrons. The van der Waals surface area contributed by atoms with Crippen LogP contribution in [0, 0.1) is 35.0 Å². The smallest absolute Gasteiger partial charge is 0.155 e. The normalized spacial score (nSPS) is 51.2. The summed E-state index contributed by atoms with van der Waals surface area (Å²) < 4.78 is 6.38. The van der Waals surface area contributed by atoms with E-state index in [1.54, 1.807) is 0 Å². The van der Waals surface area contributed by atoms with Gasteiger partial charge in [0.05, 0.1) is 12.2 Å². The van der Waals surface area contributed by atoms with E-state index < -0.39 is 0 Å². The zero-order valence-corrected chi connectivity index (χ0v) is 15.8. The zero-order chi connectivity index (χ0) is 17.2. The third-order valence-electron chi connectivity index (χ3n) is 9.00. The molecule has 136 valence electrons. The predicted molar refractivity (Wildman–Crippen MR) is 99.1 cm³/mol. The maximum Gasteiger partial charge on any atom is 0.155 e. The summed E-state index contributed by atoms with van der Waals surface area (Å²) in [5, 5.41) is 0. The first-order valence-corrected chi connectivity index (χ1v) is 10.6. The number of ether oxygens (including phenoxy) is 1. The lowest BCUT2D eigenvalue weighted by Gasteiger charge is -2.58. The van der Waals surface area contributed by atoms with Gasteiger partial charge in [0.2, 0.25) is 0 Å². The maximum absolute atomic E-state index is 12.0.